The van der Waals surface area contributed by atoms with Crippen LogP contribution in [0.25, 0.3) is 0 Å². The highest BCUT2D eigenvalue weighted by molar-refractivity contribution is 6.10. The summed E-state index contributed by atoms with van der Waals surface area (Å²) in [7, 11) is 0. The molecule has 2 aliphatic carbocycles. The van der Waals surface area contributed by atoms with Crippen LogP contribution in [-0.4, -0.2) is 17.3 Å². The van der Waals surface area contributed by atoms with E-state index in [1.807, 2.05) is 38.1 Å². The first kappa shape index (κ1) is 18.1. The molecule has 1 N–H and O–H groups in total. The lowest BCUT2D eigenvalue weighted by atomic mass is 9.62. The number of ketones is 2. The van der Waals surface area contributed by atoms with E-state index in [1.165, 1.54) is 0 Å². The minimum Gasteiger partial charge on any atom is -0.461 e. The van der Waals surface area contributed by atoms with Crippen LogP contribution in [0.4, 0.5) is 0 Å². The fraction of sp³-hybridized carbons (Fsp3) is 0.522. The highest BCUT2D eigenvalue weighted by Crippen LogP contribution is 2.52. The number of hydrogen-bond acceptors (Lipinski definition) is 4. The van der Waals surface area contributed by atoms with Gasteiger partial charge in [-0.05, 0) is 23.3 Å². The minimum atomic E-state index is -0.557. The average Bonchev–Trinajstić information content (AvgIpc) is 2.50. The van der Waals surface area contributed by atoms with Crippen LogP contribution in [0.3, 0.4) is 0 Å². The van der Waals surface area contributed by atoms with Crippen molar-refractivity contribution in [3.63, 3.8) is 0 Å². The molecule has 1 aromatic rings. The van der Waals surface area contributed by atoms with E-state index < -0.39 is 5.92 Å². The molecule has 4 rings (SSSR count). The topological polar surface area (TPSA) is 67.2 Å². The molecule has 2 atom stereocenters. The molecular weight excluding hydrogens is 338 g/mol. The molecule has 142 valence electrons. The van der Waals surface area contributed by atoms with Crippen molar-refractivity contribution in [1.82, 2.24) is 0 Å². The number of para-hydroxylation sites is 1. The molecule has 0 spiro atoms. The maximum absolute atomic E-state index is 13.1. The Labute approximate surface area is 160 Å². The van der Waals surface area contributed by atoms with Crippen LogP contribution < -0.4 is 4.74 Å². The van der Waals surface area contributed by atoms with Crippen LogP contribution in [0.5, 0.6) is 5.75 Å². The first-order chi connectivity index (χ1) is 12.6. The number of benzene rings is 1. The summed E-state index contributed by atoms with van der Waals surface area (Å²) >= 11 is 0. The predicted octanol–water partition coefficient (Wildman–Crippen LogP) is 4.83. The van der Waals surface area contributed by atoms with Gasteiger partial charge in [0.2, 0.25) is 0 Å². The van der Waals surface area contributed by atoms with E-state index in [0.717, 1.165) is 11.3 Å². The van der Waals surface area contributed by atoms with E-state index in [0.29, 0.717) is 42.7 Å². The van der Waals surface area contributed by atoms with Crippen molar-refractivity contribution < 1.29 is 14.3 Å². The molecule has 0 radical (unpaired) electrons. The monoisotopic (exact) mass is 365 g/mol. The number of hydrogen-bond donors (Lipinski definition) is 1. The predicted molar refractivity (Wildman–Crippen MR) is 104 cm³/mol. The molecule has 1 aromatic carbocycles. The van der Waals surface area contributed by atoms with Gasteiger partial charge in [-0.3, -0.25) is 9.59 Å². The zero-order valence-corrected chi connectivity index (χ0v) is 16.5. The minimum absolute atomic E-state index is 0.0613. The number of fused-ring (bicyclic) bond motifs is 1. The van der Waals surface area contributed by atoms with Gasteiger partial charge in [-0.1, -0.05) is 45.9 Å². The summed E-state index contributed by atoms with van der Waals surface area (Å²) in [6.07, 6.45) is 2.17. The van der Waals surface area contributed by atoms with Crippen molar-refractivity contribution in [3.8, 4) is 5.75 Å². The summed E-state index contributed by atoms with van der Waals surface area (Å²) in [5, 5.41) is 8.66. The third-order valence-electron chi connectivity index (χ3n) is 6.05. The summed E-state index contributed by atoms with van der Waals surface area (Å²) < 4.78 is 6.15. The third-order valence-corrected chi connectivity index (χ3v) is 6.05. The molecule has 1 saturated carbocycles. The van der Waals surface area contributed by atoms with Gasteiger partial charge in [0.15, 0.2) is 5.78 Å². The molecule has 27 heavy (non-hydrogen) atoms. The van der Waals surface area contributed by atoms with Crippen molar-refractivity contribution in [3.05, 3.63) is 41.2 Å². The molecular formula is C23H27NO3. The van der Waals surface area contributed by atoms with Crippen LogP contribution in [0.1, 0.15) is 64.9 Å². The lowest BCUT2D eigenvalue weighted by Crippen LogP contribution is -2.44. The van der Waals surface area contributed by atoms with Gasteiger partial charge >= 0.3 is 0 Å². The van der Waals surface area contributed by atoms with Crippen molar-refractivity contribution in [2.75, 3.05) is 0 Å². The van der Waals surface area contributed by atoms with Crippen molar-refractivity contribution in [2.45, 2.75) is 59.3 Å². The number of rotatable bonds is 1. The second-order valence-corrected chi connectivity index (χ2v) is 9.88. The van der Waals surface area contributed by atoms with Gasteiger partial charge in [-0.2, -0.15) is 0 Å². The fourth-order valence-electron chi connectivity index (χ4n) is 5.03. The first-order valence-corrected chi connectivity index (χ1v) is 9.71. The second kappa shape index (κ2) is 5.88. The van der Waals surface area contributed by atoms with Gasteiger partial charge in [0.25, 0.3) is 0 Å². The standard InChI is InChI=1S/C23H27NO3/c1-22(2)9-14(24)20(15(25)10-22)19-13-7-5-6-8-17(13)27-18-12-23(3,4)11-16(26)21(18)19/h5-8,19-20,24H,9-12H2,1-4H3/t19-,20?/m1/s1. The lowest BCUT2D eigenvalue weighted by Gasteiger charge is -2.43. The van der Waals surface area contributed by atoms with Crippen LogP contribution in [0, 0.1) is 22.2 Å². The smallest absolute Gasteiger partial charge is 0.163 e. The Morgan fingerprint density at radius 2 is 1.59 bits per heavy atom. The molecule has 0 bridgehead atoms. The number of nitrogens with one attached hydrogen (secondary N) is 1. The van der Waals surface area contributed by atoms with E-state index >= 15 is 0 Å². The Morgan fingerprint density at radius 3 is 2.30 bits per heavy atom. The average molecular weight is 365 g/mol. The molecule has 1 heterocycles. The second-order valence-electron chi connectivity index (χ2n) is 9.88. The number of allylic oxidation sites excluding steroid dienone is 2. The zero-order valence-electron chi connectivity index (χ0n) is 16.5. The number of Topliss-reactive ketones (excluding diaryl/α,β-unsaturated/α-hetero) is 2. The SMILES string of the molecule is CC1(C)CC(=N)C([C@@H]2C3=C(CC(C)(C)CC3=O)Oc3ccccc32)C(=O)C1. The molecule has 0 saturated heterocycles. The first-order valence-electron chi connectivity index (χ1n) is 9.71. The normalized spacial score (nSPS) is 29.1. The Balaban J connectivity index is 1.87. The molecule has 4 heteroatoms. The Bertz CT molecular complexity index is 871. The third kappa shape index (κ3) is 3.05. The van der Waals surface area contributed by atoms with Crippen LogP contribution in [0.15, 0.2) is 35.6 Å². The molecule has 3 aliphatic rings. The number of carbonyl (C=O) groups excluding carboxylic acids is 2. The molecule has 0 amide bonds. The summed E-state index contributed by atoms with van der Waals surface area (Å²) in [6, 6.07) is 7.67. The summed E-state index contributed by atoms with van der Waals surface area (Å²) in [5.74, 6) is 0.610. The van der Waals surface area contributed by atoms with Gasteiger partial charge in [-0.25, -0.2) is 0 Å². The van der Waals surface area contributed by atoms with Gasteiger partial charge in [0, 0.05) is 42.0 Å². The molecule has 0 aromatic heterocycles. The Kier molecular flexibility index (Phi) is 3.95. The fourth-order valence-corrected chi connectivity index (χ4v) is 5.03. The lowest BCUT2D eigenvalue weighted by molar-refractivity contribution is -0.124. The molecule has 1 unspecified atom stereocenters. The van der Waals surface area contributed by atoms with Crippen molar-refractivity contribution >= 4 is 17.3 Å². The van der Waals surface area contributed by atoms with E-state index in [2.05, 4.69) is 13.8 Å². The Hall–Kier alpha value is -2.23. The van der Waals surface area contributed by atoms with Gasteiger partial charge in [0.1, 0.15) is 17.3 Å². The summed E-state index contributed by atoms with van der Waals surface area (Å²) in [5.41, 5.74) is 1.61. The summed E-state index contributed by atoms with van der Waals surface area (Å²) in [4.78, 5) is 26.3. The maximum Gasteiger partial charge on any atom is 0.163 e. The quantitative estimate of drug-likeness (QED) is 0.775. The zero-order chi connectivity index (χ0) is 19.6. The number of ether oxygens (including phenoxy) is 1. The van der Waals surface area contributed by atoms with Crippen molar-refractivity contribution in [2.24, 2.45) is 16.7 Å². The van der Waals surface area contributed by atoms with E-state index in [4.69, 9.17) is 10.1 Å². The largest absolute Gasteiger partial charge is 0.461 e. The highest BCUT2D eigenvalue weighted by Gasteiger charge is 2.49. The van der Waals surface area contributed by atoms with Crippen LogP contribution in [0.2, 0.25) is 0 Å². The van der Waals surface area contributed by atoms with Gasteiger partial charge < -0.3 is 10.1 Å². The molecule has 1 fully saturated rings. The van der Waals surface area contributed by atoms with Crippen LogP contribution >= 0.6 is 0 Å². The molecule has 1 aliphatic heterocycles. The van der Waals surface area contributed by atoms with Crippen LogP contribution in [-0.2, 0) is 9.59 Å². The van der Waals surface area contributed by atoms with Gasteiger partial charge in [-0.15, -0.1) is 0 Å². The van der Waals surface area contributed by atoms with E-state index in [1.54, 1.807) is 0 Å². The number of carbonyl (C=O) groups is 2. The van der Waals surface area contributed by atoms with E-state index in [9.17, 15) is 9.59 Å². The van der Waals surface area contributed by atoms with E-state index in [-0.39, 0.29) is 28.3 Å². The van der Waals surface area contributed by atoms with Gasteiger partial charge in [0.05, 0.1) is 5.92 Å². The summed E-state index contributed by atoms with van der Waals surface area (Å²) in [6.45, 7) is 8.22. The Morgan fingerprint density at radius 1 is 0.926 bits per heavy atom. The maximum atomic E-state index is 13.1. The van der Waals surface area contributed by atoms with Crippen molar-refractivity contribution in [1.29, 1.82) is 5.41 Å². The molecule has 4 nitrogen and oxygen atoms in total. The highest BCUT2D eigenvalue weighted by atomic mass is 16.5.